The number of aliphatic imine (C=N–C) groups is 1. The monoisotopic (exact) mass is 317 g/mol. The van der Waals surface area contributed by atoms with Crippen LogP contribution >= 0.6 is 15.9 Å². The van der Waals surface area contributed by atoms with Crippen LogP contribution in [0.5, 0.6) is 0 Å². The lowest BCUT2D eigenvalue weighted by molar-refractivity contribution is 0.719. The molecule has 19 heavy (non-hydrogen) atoms. The minimum atomic E-state index is 0.563. The molecule has 6 heteroatoms. The van der Waals surface area contributed by atoms with Gasteiger partial charge < -0.3 is 0 Å². The van der Waals surface area contributed by atoms with Crippen LogP contribution in [0.3, 0.4) is 0 Å². The van der Waals surface area contributed by atoms with Crippen molar-refractivity contribution in [2.24, 2.45) is 4.99 Å². The molecule has 0 saturated carbocycles. The summed E-state index contributed by atoms with van der Waals surface area (Å²) in [6.45, 7) is 2.04. The third-order valence-corrected chi connectivity index (χ3v) is 3.75. The molecular formula is C13H12BrN5. The smallest absolute Gasteiger partial charge is 0.223 e. The summed E-state index contributed by atoms with van der Waals surface area (Å²) in [6, 6.07) is 5.95. The number of benzene rings is 1. The molecular weight excluding hydrogens is 306 g/mol. The highest BCUT2D eigenvalue weighted by Gasteiger charge is 2.11. The molecule has 0 amide bonds. The molecule has 2 aromatic rings. The fraction of sp³-hybridized carbons (Fsp3) is 0.231. The molecule has 0 fully saturated rings. The van der Waals surface area contributed by atoms with Crippen LogP contribution < -0.4 is 0 Å². The predicted octanol–water partition coefficient (Wildman–Crippen LogP) is 2.94. The Bertz CT molecular complexity index is 671. The summed E-state index contributed by atoms with van der Waals surface area (Å²) in [5.41, 5.74) is 2.84. The molecule has 1 aliphatic rings. The van der Waals surface area contributed by atoms with Gasteiger partial charge in [-0.05, 0) is 42.7 Å². The minimum absolute atomic E-state index is 0.563. The van der Waals surface area contributed by atoms with Crippen LogP contribution in [0, 0.1) is 6.92 Å². The minimum Gasteiger partial charge on any atom is -0.257 e. The fourth-order valence-corrected chi connectivity index (χ4v) is 2.16. The van der Waals surface area contributed by atoms with Gasteiger partial charge in [0.05, 0.1) is 5.69 Å². The zero-order chi connectivity index (χ0) is 13.2. The van der Waals surface area contributed by atoms with E-state index >= 15 is 0 Å². The molecule has 5 nitrogen and oxygen atoms in total. The lowest BCUT2D eigenvalue weighted by atomic mass is 10.2. The Morgan fingerprint density at radius 2 is 2.16 bits per heavy atom. The summed E-state index contributed by atoms with van der Waals surface area (Å²) in [7, 11) is 0. The van der Waals surface area contributed by atoms with Gasteiger partial charge in [0.1, 0.15) is 5.70 Å². The van der Waals surface area contributed by atoms with E-state index in [1.165, 1.54) is 10.4 Å². The van der Waals surface area contributed by atoms with Gasteiger partial charge in [-0.1, -0.05) is 28.1 Å². The number of tetrazole rings is 1. The largest absolute Gasteiger partial charge is 0.257 e. The SMILES string of the molecule is Cc1ccc(-n2nnc(C3=CCCC=N3)n2)cc1Br. The van der Waals surface area contributed by atoms with Crippen LogP contribution in [0.25, 0.3) is 11.4 Å². The Kier molecular flexibility index (Phi) is 3.25. The van der Waals surface area contributed by atoms with Gasteiger partial charge >= 0.3 is 0 Å². The highest BCUT2D eigenvalue weighted by molar-refractivity contribution is 9.10. The van der Waals surface area contributed by atoms with Crippen molar-refractivity contribution in [3.05, 3.63) is 40.1 Å². The van der Waals surface area contributed by atoms with E-state index in [2.05, 4.69) is 36.3 Å². The third kappa shape index (κ3) is 2.49. The second-order valence-electron chi connectivity index (χ2n) is 4.31. The molecule has 3 rings (SSSR count). The zero-order valence-corrected chi connectivity index (χ0v) is 12.0. The van der Waals surface area contributed by atoms with Crippen LogP contribution in [-0.2, 0) is 0 Å². The van der Waals surface area contributed by atoms with Crippen molar-refractivity contribution in [3.63, 3.8) is 0 Å². The van der Waals surface area contributed by atoms with Gasteiger partial charge in [-0.2, -0.15) is 0 Å². The Hall–Kier alpha value is -1.82. The topological polar surface area (TPSA) is 56.0 Å². The summed E-state index contributed by atoms with van der Waals surface area (Å²) in [6.07, 6.45) is 5.87. The van der Waals surface area contributed by atoms with Crippen molar-refractivity contribution < 1.29 is 0 Å². The van der Waals surface area contributed by atoms with Crippen molar-refractivity contribution in [2.45, 2.75) is 19.8 Å². The maximum atomic E-state index is 4.37. The Labute approximate surface area is 119 Å². The number of aryl methyl sites for hydroxylation is 1. The molecule has 0 spiro atoms. The van der Waals surface area contributed by atoms with E-state index in [4.69, 9.17) is 0 Å². The third-order valence-electron chi connectivity index (χ3n) is 2.89. The van der Waals surface area contributed by atoms with E-state index in [-0.39, 0.29) is 0 Å². The molecule has 0 saturated heterocycles. The Morgan fingerprint density at radius 1 is 1.26 bits per heavy atom. The second-order valence-corrected chi connectivity index (χ2v) is 5.17. The first kappa shape index (κ1) is 12.2. The van der Waals surface area contributed by atoms with Crippen molar-refractivity contribution in [1.82, 2.24) is 20.2 Å². The standard InChI is InChI=1S/C13H12BrN5/c1-9-5-6-10(8-11(9)14)19-17-13(16-18-19)12-4-2-3-7-15-12/h4-8H,2-3H2,1H3. The predicted molar refractivity (Wildman–Crippen MR) is 77.3 cm³/mol. The first-order chi connectivity index (χ1) is 9.24. The van der Waals surface area contributed by atoms with Crippen LogP contribution in [0.4, 0.5) is 0 Å². The zero-order valence-electron chi connectivity index (χ0n) is 10.4. The van der Waals surface area contributed by atoms with Gasteiger partial charge in [-0.25, -0.2) is 0 Å². The Morgan fingerprint density at radius 3 is 2.89 bits per heavy atom. The van der Waals surface area contributed by atoms with Gasteiger partial charge in [-0.3, -0.25) is 4.99 Å². The van der Waals surface area contributed by atoms with Gasteiger partial charge in [0.15, 0.2) is 0 Å². The van der Waals surface area contributed by atoms with Crippen molar-refractivity contribution >= 4 is 27.8 Å². The van der Waals surface area contributed by atoms with Gasteiger partial charge in [0.2, 0.25) is 5.82 Å². The van der Waals surface area contributed by atoms with E-state index in [1.54, 1.807) is 0 Å². The van der Waals surface area contributed by atoms with E-state index in [0.717, 1.165) is 28.7 Å². The van der Waals surface area contributed by atoms with Crippen molar-refractivity contribution in [2.75, 3.05) is 0 Å². The van der Waals surface area contributed by atoms with Crippen LogP contribution in [0.15, 0.2) is 33.7 Å². The molecule has 1 aromatic heterocycles. The number of hydrogen-bond donors (Lipinski definition) is 0. The second kappa shape index (κ2) is 5.05. The van der Waals surface area contributed by atoms with Gasteiger partial charge in [0.25, 0.3) is 0 Å². The lowest BCUT2D eigenvalue weighted by Gasteiger charge is -2.02. The van der Waals surface area contributed by atoms with Gasteiger partial charge in [-0.15, -0.1) is 15.0 Å². The molecule has 0 radical (unpaired) electrons. The van der Waals surface area contributed by atoms with E-state index in [1.807, 2.05) is 37.4 Å². The van der Waals surface area contributed by atoms with Gasteiger partial charge in [0, 0.05) is 10.7 Å². The van der Waals surface area contributed by atoms with Crippen LogP contribution in [0.2, 0.25) is 0 Å². The van der Waals surface area contributed by atoms with E-state index in [0.29, 0.717) is 5.82 Å². The van der Waals surface area contributed by atoms with E-state index < -0.39 is 0 Å². The number of aromatic nitrogens is 4. The van der Waals surface area contributed by atoms with Crippen molar-refractivity contribution in [3.8, 4) is 5.69 Å². The highest BCUT2D eigenvalue weighted by atomic mass is 79.9. The maximum Gasteiger partial charge on any atom is 0.223 e. The molecule has 0 bridgehead atoms. The number of rotatable bonds is 2. The van der Waals surface area contributed by atoms with E-state index in [9.17, 15) is 0 Å². The number of nitrogens with zero attached hydrogens (tertiary/aromatic N) is 5. The molecule has 1 aliphatic heterocycles. The van der Waals surface area contributed by atoms with Crippen LogP contribution in [-0.4, -0.2) is 26.4 Å². The average Bonchev–Trinajstić information content (AvgIpc) is 2.93. The average molecular weight is 318 g/mol. The normalized spacial score (nSPS) is 14.5. The number of hydrogen-bond acceptors (Lipinski definition) is 4. The molecule has 0 N–H and O–H groups in total. The lowest BCUT2D eigenvalue weighted by Crippen LogP contribution is -2.00. The summed E-state index contributed by atoms with van der Waals surface area (Å²) < 4.78 is 1.03. The van der Waals surface area contributed by atoms with Crippen molar-refractivity contribution in [1.29, 1.82) is 0 Å². The fourth-order valence-electron chi connectivity index (χ4n) is 1.79. The van der Waals surface area contributed by atoms with Crippen LogP contribution in [0.1, 0.15) is 24.2 Å². The maximum absolute atomic E-state index is 4.37. The number of allylic oxidation sites excluding steroid dienone is 1. The number of halogens is 1. The quantitative estimate of drug-likeness (QED) is 0.855. The molecule has 0 atom stereocenters. The molecule has 0 unspecified atom stereocenters. The molecule has 0 aliphatic carbocycles. The molecule has 1 aromatic carbocycles. The summed E-state index contributed by atoms with van der Waals surface area (Å²) in [4.78, 5) is 5.81. The Balaban J connectivity index is 1.94. The summed E-state index contributed by atoms with van der Waals surface area (Å²) in [5.74, 6) is 0.563. The molecule has 96 valence electrons. The first-order valence-corrected chi connectivity index (χ1v) is 6.83. The summed E-state index contributed by atoms with van der Waals surface area (Å²) in [5, 5.41) is 12.5. The summed E-state index contributed by atoms with van der Waals surface area (Å²) >= 11 is 3.50. The molecule has 2 heterocycles. The highest BCUT2D eigenvalue weighted by Crippen LogP contribution is 2.20. The first-order valence-electron chi connectivity index (χ1n) is 6.03.